The zero-order chi connectivity index (χ0) is 19.6. The van der Waals surface area contributed by atoms with Gasteiger partial charge in [-0.1, -0.05) is 41.9 Å². The molecule has 0 spiro atoms. The molecule has 142 valence electrons. The van der Waals surface area contributed by atoms with Crippen molar-refractivity contribution < 1.29 is 14.3 Å². The van der Waals surface area contributed by atoms with E-state index in [4.69, 9.17) is 28.6 Å². The number of hydrogen-bond acceptors (Lipinski definition) is 4. The fourth-order valence-electron chi connectivity index (χ4n) is 2.19. The lowest BCUT2D eigenvalue weighted by molar-refractivity contribution is -0.124. The first kappa shape index (κ1) is 20.7. The van der Waals surface area contributed by atoms with Crippen molar-refractivity contribution in [3.05, 3.63) is 64.7 Å². The molecular formula is C19H20ClN3O3S. The van der Waals surface area contributed by atoms with E-state index >= 15 is 0 Å². The molecule has 6 nitrogen and oxygen atoms in total. The molecule has 0 radical (unpaired) electrons. The zero-order valence-electron chi connectivity index (χ0n) is 14.8. The largest absolute Gasteiger partial charge is 0.484 e. The summed E-state index contributed by atoms with van der Waals surface area (Å²) < 4.78 is 5.37. The Balaban J connectivity index is 1.65. The van der Waals surface area contributed by atoms with Crippen LogP contribution in [-0.2, 0) is 16.0 Å². The van der Waals surface area contributed by atoms with Gasteiger partial charge in [0.05, 0.1) is 0 Å². The topological polar surface area (TPSA) is 79.5 Å². The predicted octanol–water partition coefficient (Wildman–Crippen LogP) is 2.68. The van der Waals surface area contributed by atoms with E-state index in [9.17, 15) is 9.59 Å². The standard InChI is InChI=1S/C19H20ClN3O3S/c1-13-5-4-7-15(11-13)26-12-18(25)22-23-19(27)21-17(24)10-9-14-6-2-3-8-16(14)20/h2-8,11H,9-10,12H2,1H3,(H,22,25)(H2,21,23,24,27). The molecule has 3 N–H and O–H groups in total. The van der Waals surface area contributed by atoms with E-state index in [2.05, 4.69) is 16.2 Å². The van der Waals surface area contributed by atoms with Gasteiger partial charge in [0.15, 0.2) is 11.7 Å². The second kappa shape index (κ2) is 10.5. The summed E-state index contributed by atoms with van der Waals surface area (Å²) in [7, 11) is 0. The van der Waals surface area contributed by atoms with E-state index in [1.54, 1.807) is 12.1 Å². The molecule has 8 heteroatoms. The molecule has 2 aromatic carbocycles. The smallest absolute Gasteiger partial charge is 0.276 e. The second-order valence-corrected chi connectivity index (χ2v) is 6.56. The van der Waals surface area contributed by atoms with Crippen molar-refractivity contribution in [1.29, 1.82) is 0 Å². The van der Waals surface area contributed by atoms with Crippen LogP contribution in [0.15, 0.2) is 48.5 Å². The minimum Gasteiger partial charge on any atom is -0.484 e. The fourth-order valence-corrected chi connectivity index (χ4v) is 2.58. The van der Waals surface area contributed by atoms with Crippen molar-refractivity contribution in [3.8, 4) is 5.75 Å². The molecule has 2 rings (SSSR count). The summed E-state index contributed by atoms with van der Waals surface area (Å²) in [5.74, 6) is -0.109. The number of ether oxygens (including phenoxy) is 1. The molecule has 0 aromatic heterocycles. The van der Waals surface area contributed by atoms with Crippen molar-refractivity contribution in [2.24, 2.45) is 0 Å². The monoisotopic (exact) mass is 405 g/mol. The quantitative estimate of drug-likeness (QED) is 0.508. The number of aryl methyl sites for hydroxylation is 2. The molecule has 27 heavy (non-hydrogen) atoms. The van der Waals surface area contributed by atoms with Crippen LogP contribution in [0.3, 0.4) is 0 Å². The minimum atomic E-state index is -0.427. The van der Waals surface area contributed by atoms with Crippen LogP contribution in [0.2, 0.25) is 5.02 Å². The van der Waals surface area contributed by atoms with Gasteiger partial charge in [0, 0.05) is 11.4 Å². The Morgan fingerprint density at radius 1 is 1.07 bits per heavy atom. The molecule has 0 aliphatic heterocycles. The van der Waals surface area contributed by atoms with Crippen molar-refractivity contribution in [2.45, 2.75) is 19.8 Å². The van der Waals surface area contributed by atoms with Gasteiger partial charge in [0.1, 0.15) is 5.75 Å². The van der Waals surface area contributed by atoms with E-state index in [0.29, 0.717) is 17.2 Å². The number of nitrogens with one attached hydrogen (secondary N) is 3. The summed E-state index contributed by atoms with van der Waals surface area (Å²) in [6, 6.07) is 14.7. The third-order valence-corrected chi connectivity index (χ3v) is 4.08. The lowest BCUT2D eigenvalue weighted by Crippen LogP contribution is -2.49. The maximum Gasteiger partial charge on any atom is 0.276 e. The molecule has 0 saturated carbocycles. The van der Waals surface area contributed by atoms with Crippen LogP contribution in [0.4, 0.5) is 0 Å². The SMILES string of the molecule is Cc1cccc(OCC(=O)NNC(=S)NC(=O)CCc2ccccc2Cl)c1. The lowest BCUT2D eigenvalue weighted by Gasteiger charge is -2.11. The predicted molar refractivity (Wildman–Crippen MR) is 108 cm³/mol. The van der Waals surface area contributed by atoms with Gasteiger partial charge >= 0.3 is 0 Å². The van der Waals surface area contributed by atoms with E-state index < -0.39 is 5.91 Å². The molecule has 0 heterocycles. The highest BCUT2D eigenvalue weighted by Crippen LogP contribution is 2.16. The number of thiocarbonyl (C=S) groups is 1. The highest BCUT2D eigenvalue weighted by molar-refractivity contribution is 7.80. The maximum atomic E-state index is 11.9. The molecule has 0 aliphatic carbocycles. The number of carbonyl (C=O) groups excluding carboxylic acids is 2. The van der Waals surface area contributed by atoms with E-state index in [0.717, 1.165) is 11.1 Å². The van der Waals surface area contributed by atoms with Gasteiger partial charge in [0.2, 0.25) is 5.91 Å². The Morgan fingerprint density at radius 3 is 2.59 bits per heavy atom. The van der Waals surface area contributed by atoms with Crippen molar-refractivity contribution in [2.75, 3.05) is 6.61 Å². The Bertz CT molecular complexity index is 829. The van der Waals surface area contributed by atoms with Crippen molar-refractivity contribution >= 4 is 40.7 Å². The molecular weight excluding hydrogens is 386 g/mol. The molecule has 0 aliphatic rings. The Morgan fingerprint density at radius 2 is 1.85 bits per heavy atom. The molecule has 0 bridgehead atoms. The van der Waals surface area contributed by atoms with Gasteiger partial charge in [-0.25, -0.2) is 0 Å². The summed E-state index contributed by atoms with van der Waals surface area (Å²) in [4.78, 5) is 23.7. The number of amides is 2. The highest BCUT2D eigenvalue weighted by atomic mass is 35.5. The minimum absolute atomic E-state index is 0.00284. The number of benzene rings is 2. The lowest BCUT2D eigenvalue weighted by atomic mass is 10.1. The van der Waals surface area contributed by atoms with Crippen LogP contribution in [-0.4, -0.2) is 23.5 Å². The first-order valence-corrected chi connectivity index (χ1v) is 9.04. The third-order valence-electron chi connectivity index (χ3n) is 3.51. The Kier molecular flexibility index (Phi) is 8.03. The zero-order valence-corrected chi connectivity index (χ0v) is 16.3. The molecule has 0 saturated heterocycles. The van der Waals surface area contributed by atoms with Crippen LogP contribution >= 0.6 is 23.8 Å². The van der Waals surface area contributed by atoms with E-state index in [1.165, 1.54) is 0 Å². The van der Waals surface area contributed by atoms with Gasteiger partial charge in [-0.3, -0.25) is 20.4 Å². The maximum absolute atomic E-state index is 11.9. The average molecular weight is 406 g/mol. The molecule has 0 fully saturated rings. The average Bonchev–Trinajstić information content (AvgIpc) is 2.64. The van der Waals surface area contributed by atoms with Gasteiger partial charge in [-0.05, 0) is 54.9 Å². The Hall–Kier alpha value is -2.64. The summed E-state index contributed by atoms with van der Waals surface area (Å²) in [6.45, 7) is 1.75. The molecule has 0 atom stereocenters. The normalized spacial score (nSPS) is 10.0. The summed E-state index contributed by atoms with van der Waals surface area (Å²) in [6.07, 6.45) is 0.709. The number of carbonyl (C=O) groups is 2. The van der Waals surface area contributed by atoms with Gasteiger partial charge < -0.3 is 10.1 Å². The number of halogens is 1. The van der Waals surface area contributed by atoms with E-state index in [-0.39, 0.29) is 24.0 Å². The highest BCUT2D eigenvalue weighted by Gasteiger charge is 2.08. The molecule has 2 amide bonds. The number of rotatable bonds is 6. The molecule has 0 unspecified atom stereocenters. The third kappa shape index (κ3) is 7.64. The summed E-state index contributed by atoms with van der Waals surface area (Å²) in [5.41, 5.74) is 6.75. The number of hydrazine groups is 1. The van der Waals surface area contributed by atoms with Crippen LogP contribution in [0.5, 0.6) is 5.75 Å². The van der Waals surface area contributed by atoms with Gasteiger partial charge in [-0.2, -0.15) is 0 Å². The molecule has 2 aromatic rings. The second-order valence-electron chi connectivity index (χ2n) is 5.75. The number of hydrogen-bond donors (Lipinski definition) is 3. The van der Waals surface area contributed by atoms with Crippen LogP contribution in [0.1, 0.15) is 17.5 Å². The first-order chi connectivity index (χ1) is 12.9. The van der Waals surface area contributed by atoms with Gasteiger partial charge in [-0.15, -0.1) is 0 Å². The van der Waals surface area contributed by atoms with Crippen molar-refractivity contribution in [3.63, 3.8) is 0 Å². The fraction of sp³-hybridized carbons (Fsp3) is 0.211. The summed E-state index contributed by atoms with van der Waals surface area (Å²) >= 11 is 11.0. The van der Waals surface area contributed by atoms with Crippen LogP contribution in [0, 0.1) is 6.92 Å². The Labute approximate surface area is 168 Å². The van der Waals surface area contributed by atoms with Gasteiger partial charge in [0.25, 0.3) is 5.91 Å². The van der Waals surface area contributed by atoms with Crippen LogP contribution < -0.4 is 20.9 Å². The van der Waals surface area contributed by atoms with Crippen molar-refractivity contribution in [1.82, 2.24) is 16.2 Å². The van der Waals surface area contributed by atoms with Crippen LogP contribution in [0.25, 0.3) is 0 Å². The van der Waals surface area contributed by atoms with E-state index in [1.807, 2.05) is 43.3 Å². The first-order valence-electron chi connectivity index (χ1n) is 8.25. The summed E-state index contributed by atoms with van der Waals surface area (Å²) in [5, 5.41) is 3.11.